The second-order valence-electron chi connectivity index (χ2n) is 17.2. The van der Waals surface area contributed by atoms with Crippen molar-refractivity contribution in [3.05, 3.63) is 231 Å². The highest BCUT2D eigenvalue weighted by atomic mass is 16.3. The van der Waals surface area contributed by atoms with Crippen LogP contribution in [0.5, 0.6) is 0 Å². The standard InChI is InChI=1S/C62H38N2O2/c1-3-15-41(16-4-1)63-33-34-64(42-17-5-2-6-18-42)58-38-56-54-36-40(44-24-14-26-52-50-22-10-12-28-60(50)66-62(44)52)30-32-48(54)47-31-29-39(35-53(47)45-19-7-8-20-46(45)55(56)37-57(58)63)43-23-13-25-51-49-21-9-11-27-59(49)65-61(43)51/h1-38H. The molecule has 14 aromatic rings. The molecular weight excluding hydrogens is 805 g/mol. The van der Waals surface area contributed by atoms with E-state index < -0.39 is 0 Å². The molecule has 3 heterocycles. The molecular formula is C62H38N2O2. The number of furan rings is 2. The fourth-order valence-corrected chi connectivity index (χ4v) is 10.6. The summed E-state index contributed by atoms with van der Waals surface area (Å²) in [5, 5.41) is 13.8. The second kappa shape index (κ2) is 14.3. The van der Waals surface area contributed by atoms with Gasteiger partial charge in [0.1, 0.15) is 22.3 Å². The minimum Gasteiger partial charge on any atom is -0.455 e. The zero-order valence-corrected chi connectivity index (χ0v) is 35.7. The van der Waals surface area contributed by atoms with E-state index >= 15 is 0 Å². The van der Waals surface area contributed by atoms with Gasteiger partial charge in [-0.15, -0.1) is 0 Å². The summed E-state index contributed by atoms with van der Waals surface area (Å²) in [6, 6.07) is 78.7. The third kappa shape index (κ3) is 5.52. The maximum Gasteiger partial charge on any atom is 0.143 e. The van der Waals surface area contributed by atoms with Crippen LogP contribution >= 0.6 is 0 Å². The lowest BCUT2D eigenvalue weighted by atomic mass is 9.90. The van der Waals surface area contributed by atoms with Crippen LogP contribution in [-0.2, 0) is 0 Å². The summed E-state index contributed by atoms with van der Waals surface area (Å²) in [6.45, 7) is 0. The molecule has 0 amide bonds. The van der Waals surface area contributed by atoms with E-state index in [1.807, 2.05) is 12.1 Å². The van der Waals surface area contributed by atoms with Crippen LogP contribution in [-0.4, -0.2) is 9.13 Å². The Hall–Kier alpha value is -8.86. The number of fused-ring (bicyclic) bond motifs is 15. The predicted octanol–water partition coefficient (Wildman–Crippen LogP) is 17.3. The first-order chi connectivity index (χ1) is 32.7. The molecule has 66 heavy (non-hydrogen) atoms. The number of aromatic nitrogens is 2. The first-order valence-corrected chi connectivity index (χ1v) is 22.5. The van der Waals surface area contributed by atoms with E-state index in [0.717, 1.165) is 110 Å². The summed E-state index contributed by atoms with van der Waals surface area (Å²) < 4.78 is 17.9. The molecule has 4 heteroatoms. The highest BCUT2D eigenvalue weighted by molar-refractivity contribution is 6.28. The zero-order chi connectivity index (χ0) is 43.3. The summed E-state index contributed by atoms with van der Waals surface area (Å²) in [5.41, 5.74) is 12.3. The van der Waals surface area contributed by atoms with Crippen molar-refractivity contribution >= 4 is 98.0 Å². The van der Waals surface area contributed by atoms with Gasteiger partial charge in [-0.25, -0.2) is 0 Å². The van der Waals surface area contributed by atoms with E-state index in [4.69, 9.17) is 8.83 Å². The molecule has 0 bridgehead atoms. The Morgan fingerprint density at radius 3 is 1.11 bits per heavy atom. The Morgan fingerprint density at radius 2 is 0.621 bits per heavy atom. The summed E-state index contributed by atoms with van der Waals surface area (Å²) in [6.07, 6.45) is 4.37. The van der Waals surface area contributed by atoms with Crippen molar-refractivity contribution in [1.82, 2.24) is 9.13 Å². The molecule has 0 N–H and O–H groups in total. The van der Waals surface area contributed by atoms with Crippen molar-refractivity contribution < 1.29 is 8.83 Å². The minimum absolute atomic E-state index is 0.889. The molecule has 0 radical (unpaired) electrons. The highest BCUT2D eigenvalue weighted by Gasteiger charge is 2.18. The van der Waals surface area contributed by atoms with Crippen LogP contribution < -0.4 is 0 Å². The third-order valence-corrected chi connectivity index (χ3v) is 13.6. The van der Waals surface area contributed by atoms with Crippen LogP contribution in [0.3, 0.4) is 0 Å². The Bertz CT molecular complexity index is 4340. The van der Waals surface area contributed by atoms with Crippen molar-refractivity contribution in [3.63, 3.8) is 0 Å². The van der Waals surface area contributed by atoms with E-state index in [9.17, 15) is 0 Å². The molecule has 0 unspecified atom stereocenters. The van der Waals surface area contributed by atoms with Crippen molar-refractivity contribution in [2.45, 2.75) is 0 Å². The molecule has 0 aliphatic heterocycles. The van der Waals surface area contributed by atoms with Gasteiger partial charge in [0.25, 0.3) is 0 Å². The summed E-state index contributed by atoms with van der Waals surface area (Å²) in [5.74, 6) is 0. The normalized spacial score (nSPS) is 11.9. The van der Waals surface area contributed by atoms with Crippen LogP contribution in [0.2, 0.25) is 0 Å². The molecule has 14 rings (SSSR count). The van der Waals surface area contributed by atoms with Gasteiger partial charge in [0.15, 0.2) is 0 Å². The Kier molecular flexibility index (Phi) is 7.95. The molecule has 0 fully saturated rings. The van der Waals surface area contributed by atoms with Crippen molar-refractivity contribution in [2.24, 2.45) is 0 Å². The van der Waals surface area contributed by atoms with E-state index in [2.05, 4.69) is 228 Å². The van der Waals surface area contributed by atoms with Crippen molar-refractivity contribution in [2.75, 3.05) is 0 Å². The SMILES string of the molecule is c1ccc(-n2ccn(-c3ccccc3)c3cc4c5cc(-c6cccc7c6oc6ccccc67)ccc5c5ccc(-c6cccc7c6oc6ccccc67)cc5c5ccccc5c4cc32)cc1. The van der Waals surface area contributed by atoms with Crippen LogP contribution in [0, 0.1) is 0 Å². The van der Waals surface area contributed by atoms with Crippen LogP contribution in [0.25, 0.3) is 132 Å². The van der Waals surface area contributed by atoms with Gasteiger partial charge >= 0.3 is 0 Å². The largest absolute Gasteiger partial charge is 0.455 e. The number of hydrogen-bond acceptors (Lipinski definition) is 2. The molecule has 0 saturated heterocycles. The summed E-state index contributed by atoms with van der Waals surface area (Å²) >= 11 is 0. The summed E-state index contributed by atoms with van der Waals surface area (Å²) in [4.78, 5) is 0. The quantitative estimate of drug-likeness (QED) is 0.177. The number of benzene rings is 10. The third-order valence-electron chi connectivity index (χ3n) is 13.6. The van der Waals surface area contributed by atoms with Crippen molar-refractivity contribution in [1.29, 1.82) is 0 Å². The van der Waals surface area contributed by atoms with Gasteiger partial charge < -0.3 is 18.0 Å². The number of para-hydroxylation sites is 6. The molecule has 11 aromatic carbocycles. The highest BCUT2D eigenvalue weighted by Crippen LogP contribution is 2.44. The lowest BCUT2D eigenvalue weighted by molar-refractivity contribution is 0.669. The van der Waals surface area contributed by atoms with Gasteiger partial charge in [-0.3, -0.25) is 0 Å². The van der Waals surface area contributed by atoms with E-state index in [1.165, 1.54) is 21.5 Å². The molecule has 0 spiro atoms. The Labute approximate surface area is 378 Å². The van der Waals surface area contributed by atoms with Gasteiger partial charge in [0.2, 0.25) is 0 Å². The molecule has 4 nitrogen and oxygen atoms in total. The first-order valence-electron chi connectivity index (χ1n) is 22.5. The lowest BCUT2D eigenvalue weighted by Gasteiger charge is -2.19. The molecule has 0 saturated carbocycles. The fraction of sp³-hybridized carbons (Fsp3) is 0. The van der Waals surface area contributed by atoms with Gasteiger partial charge in [0, 0.05) is 56.4 Å². The molecule has 3 aromatic heterocycles. The predicted molar refractivity (Wildman–Crippen MR) is 276 cm³/mol. The van der Waals surface area contributed by atoms with Crippen molar-refractivity contribution in [3.8, 4) is 33.6 Å². The van der Waals surface area contributed by atoms with Gasteiger partial charge in [0.05, 0.1) is 11.0 Å². The van der Waals surface area contributed by atoms with Gasteiger partial charge in [-0.05, 0) is 115 Å². The average molecular weight is 843 g/mol. The fourth-order valence-electron chi connectivity index (χ4n) is 10.6. The van der Waals surface area contributed by atoms with E-state index in [-0.39, 0.29) is 0 Å². The molecule has 0 aliphatic rings. The maximum atomic E-state index is 6.67. The lowest BCUT2D eigenvalue weighted by Crippen LogP contribution is -2.04. The average Bonchev–Trinajstić information content (AvgIpc) is 3.97. The van der Waals surface area contributed by atoms with Crippen LogP contribution in [0.1, 0.15) is 0 Å². The molecule has 0 atom stereocenters. The second-order valence-corrected chi connectivity index (χ2v) is 17.2. The topological polar surface area (TPSA) is 36.1 Å². The minimum atomic E-state index is 0.889. The Balaban J connectivity index is 1.16. The number of rotatable bonds is 4. The van der Waals surface area contributed by atoms with Gasteiger partial charge in [-0.2, -0.15) is 0 Å². The zero-order valence-electron chi connectivity index (χ0n) is 35.7. The number of hydrogen-bond donors (Lipinski definition) is 0. The van der Waals surface area contributed by atoms with Crippen LogP contribution in [0.15, 0.2) is 240 Å². The van der Waals surface area contributed by atoms with E-state index in [0.29, 0.717) is 0 Å². The Morgan fingerprint density at radius 1 is 0.258 bits per heavy atom. The van der Waals surface area contributed by atoms with E-state index in [1.54, 1.807) is 0 Å². The number of nitrogens with zero attached hydrogens (tertiary/aromatic N) is 2. The summed E-state index contributed by atoms with van der Waals surface area (Å²) in [7, 11) is 0. The van der Waals surface area contributed by atoms with Gasteiger partial charge in [-0.1, -0.05) is 158 Å². The first kappa shape index (κ1) is 36.6. The van der Waals surface area contributed by atoms with Crippen LogP contribution in [0.4, 0.5) is 0 Å². The maximum absolute atomic E-state index is 6.67. The monoisotopic (exact) mass is 842 g/mol. The smallest absolute Gasteiger partial charge is 0.143 e. The molecule has 0 aliphatic carbocycles. The molecule has 308 valence electrons.